The largest absolute Gasteiger partial charge is 0.334 e. The summed E-state index contributed by atoms with van der Waals surface area (Å²) in [5.74, 6) is 0.859. The van der Waals surface area contributed by atoms with Crippen molar-refractivity contribution in [1.82, 2.24) is 10.1 Å². The fourth-order valence-electron chi connectivity index (χ4n) is 3.11. The summed E-state index contributed by atoms with van der Waals surface area (Å²) in [6.07, 6.45) is 9.46. The van der Waals surface area contributed by atoms with E-state index in [9.17, 15) is 8.42 Å². The van der Waals surface area contributed by atoms with E-state index in [0.29, 0.717) is 24.6 Å². The standard InChI is InChI=1S/C13H18N2O3S/c1-19(16,17)13(8-4-5-9-13)12-14-11(18-15-12)10-6-2-3-7-10/h6H,2-5,7-9H2,1H3. The molecule has 1 heterocycles. The molecule has 0 spiro atoms. The zero-order valence-electron chi connectivity index (χ0n) is 11.1. The molecule has 0 aliphatic heterocycles. The van der Waals surface area contributed by atoms with Gasteiger partial charge in [-0.15, -0.1) is 0 Å². The molecule has 0 saturated heterocycles. The van der Waals surface area contributed by atoms with Crippen LogP contribution in [0.5, 0.6) is 0 Å². The van der Waals surface area contributed by atoms with Crippen molar-refractivity contribution < 1.29 is 12.9 Å². The summed E-state index contributed by atoms with van der Waals surface area (Å²) in [6, 6.07) is 0. The van der Waals surface area contributed by atoms with Crippen molar-refractivity contribution in [2.45, 2.75) is 49.7 Å². The Morgan fingerprint density at radius 3 is 2.58 bits per heavy atom. The molecule has 0 unspecified atom stereocenters. The SMILES string of the molecule is CS(=O)(=O)C1(c2noc(C3=CCCC3)n2)CCCC1. The van der Waals surface area contributed by atoms with Crippen molar-refractivity contribution in [3.8, 4) is 0 Å². The molecular weight excluding hydrogens is 264 g/mol. The first-order valence-corrected chi connectivity index (χ1v) is 8.65. The molecule has 0 aromatic carbocycles. The summed E-state index contributed by atoms with van der Waals surface area (Å²) in [5.41, 5.74) is 1.06. The summed E-state index contributed by atoms with van der Waals surface area (Å²) in [5, 5.41) is 3.98. The highest BCUT2D eigenvalue weighted by atomic mass is 32.2. The average molecular weight is 282 g/mol. The predicted molar refractivity (Wildman–Crippen MR) is 71.1 cm³/mol. The maximum Gasteiger partial charge on any atom is 0.253 e. The number of sulfone groups is 1. The van der Waals surface area contributed by atoms with Gasteiger partial charge in [0.05, 0.1) is 0 Å². The highest BCUT2D eigenvalue weighted by molar-refractivity contribution is 7.91. The maximum absolute atomic E-state index is 12.2. The monoisotopic (exact) mass is 282 g/mol. The van der Waals surface area contributed by atoms with Gasteiger partial charge in [-0.2, -0.15) is 4.98 Å². The van der Waals surface area contributed by atoms with Crippen LogP contribution in [-0.4, -0.2) is 24.8 Å². The van der Waals surface area contributed by atoms with Crippen LogP contribution in [0.4, 0.5) is 0 Å². The van der Waals surface area contributed by atoms with Gasteiger partial charge in [0.1, 0.15) is 4.75 Å². The Balaban J connectivity index is 2.01. The summed E-state index contributed by atoms with van der Waals surface area (Å²) < 4.78 is 28.7. The van der Waals surface area contributed by atoms with Crippen molar-refractivity contribution in [3.05, 3.63) is 17.8 Å². The van der Waals surface area contributed by atoms with E-state index < -0.39 is 14.6 Å². The van der Waals surface area contributed by atoms with Crippen molar-refractivity contribution >= 4 is 15.4 Å². The van der Waals surface area contributed by atoms with E-state index in [1.165, 1.54) is 6.26 Å². The first kappa shape index (κ1) is 12.8. The van der Waals surface area contributed by atoms with Gasteiger partial charge in [-0.1, -0.05) is 24.1 Å². The van der Waals surface area contributed by atoms with Crippen molar-refractivity contribution in [3.63, 3.8) is 0 Å². The molecule has 2 aliphatic rings. The molecule has 0 atom stereocenters. The van der Waals surface area contributed by atoms with Crippen molar-refractivity contribution in [1.29, 1.82) is 0 Å². The zero-order valence-corrected chi connectivity index (χ0v) is 11.9. The van der Waals surface area contributed by atoms with Crippen LogP contribution in [0.2, 0.25) is 0 Å². The van der Waals surface area contributed by atoms with E-state index in [1.807, 2.05) is 0 Å². The van der Waals surface area contributed by atoms with Crippen molar-refractivity contribution in [2.24, 2.45) is 0 Å². The first-order chi connectivity index (χ1) is 9.03. The van der Waals surface area contributed by atoms with Gasteiger partial charge in [-0.25, -0.2) is 8.42 Å². The summed E-state index contributed by atoms with van der Waals surface area (Å²) in [7, 11) is -3.23. The van der Waals surface area contributed by atoms with Crippen LogP contribution in [0.25, 0.3) is 5.57 Å². The minimum atomic E-state index is -3.23. The molecule has 1 fully saturated rings. The third-order valence-electron chi connectivity index (χ3n) is 4.27. The number of rotatable bonds is 3. The number of hydrogen-bond acceptors (Lipinski definition) is 5. The first-order valence-electron chi connectivity index (χ1n) is 6.76. The quantitative estimate of drug-likeness (QED) is 0.851. The number of hydrogen-bond donors (Lipinski definition) is 0. The molecule has 0 N–H and O–H groups in total. The fourth-order valence-corrected chi connectivity index (χ4v) is 4.56. The van der Waals surface area contributed by atoms with Crippen LogP contribution in [0.3, 0.4) is 0 Å². The number of allylic oxidation sites excluding steroid dienone is 2. The third kappa shape index (κ3) is 2.02. The third-order valence-corrected chi connectivity index (χ3v) is 6.28. The van der Waals surface area contributed by atoms with E-state index >= 15 is 0 Å². The Morgan fingerprint density at radius 2 is 2.00 bits per heavy atom. The zero-order chi connectivity index (χ0) is 13.5. The molecule has 1 saturated carbocycles. The molecule has 2 aliphatic carbocycles. The van der Waals surface area contributed by atoms with Gasteiger partial charge >= 0.3 is 0 Å². The van der Waals surface area contributed by atoms with Gasteiger partial charge in [0, 0.05) is 11.8 Å². The summed E-state index contributed by atoms with van der Waals surface area (Å²) in [6.45, 7) is 0. The highest BCUT2D eigenvalue weighted by Crippen LogP contribution is 2.44. The average Bonchev–Trinajstić information content (AvgIpc) is 3.10. The molecular formula is C13H18N2O3S. The maximum atomic E-state index is 12.2. The highest BCUT2D eigenvalue weighted by Gasteiger charge is 2.48. The number of aromatic nitrogens is 2. The Bertz CT molecular complexity index is 610. The van der Waals surface area contributed by atoms with E-state index in [1.54, 1.807) is 0 Å². The van der Waals surface area contributed by atoms with E-state index in [-0.39, 0.29) is 0 Å². The minimum Gasteiger partial charge on any atom is -0.334 e. The summed E-state index contributed by atoms with van der Waals surface area (Å²) in [4.78, 5) is 4.39. The van der Waals surface area contributed by atoms with Crippen LogP contribution < -0.4 is 0 Å². The molecule has 0 amide bonds. The number of nitrogens with zero attached hydrogens (tertiary/aromatic N) is 2. The molecule has 19 heavy (non-hydrogen) atoms. The molecule has 0 radical (unpaired) electrons. The smallest absolute Gasteiger partial charge is 0.253 e. The second-order valence-corrected chi connectivity index (χ2v) is 7.84. The van der Waals surface area contributed by atoms with E-state index in [2.05, 4.69) is 16.2 Å². The van der Waals surface area contributed by atoms with Gasteiger partial charge in [0.25, 0.3) is 5.89 Å². The van der Waals surface area contributed by atoms with Gasteiger partial charge < -0.3 is 4.52 Å². The Morgan fingerprint density at radius 1 is 1.26 bits per heavy atom. The van der Waals surface area contributed by atoms with Gasteiger partial charge in [-0.05, 0) is 32.1 Å². The van der Waals surface area contributed by atoms with Gasteiger partial charge in [0.2, 0.25) is 0 Å². The second-order valence-electron chi connectivity index (χ2n) is 5.52. The lowest BCUT2D eigenvalue weighted by atomic mass is 10.1. The lowest BCUT2D eigenvalue weighted by molar-refractivity contribution is 0.387. The topological polar surface area (TPSA) is 73.1 Å². The normalized spacial score (nSPS) is 22.7. The van der Waals surface area contributed by atoms with Gasteiger partial charge in [-0.3, -0.25) is 0 Å². The van der Waals surface area contributed by atoms with Gasteiger partial charge in [0.15, 0.2) is 15.7 Å². The lowest BCUT2D eigenvalue weighted by Gasteiger charge is -2.22. The predicted octanol–water partition coefficient (Wildman–Crippen LogP) is 2.45. The van der Waals surface area contributed by atoms with Crippen LogP contribution in [0, 0.1) is 0 Å². The Labute approximate surface area is 113 Å². The lowest BCUT2D eigenvalue weighted by Crippen LogP contribution is -2.33. The van der Waals surface area contributed by atoms with E-state index in [4.69, 9.17) is 4.52 Å². The molecule has 0 bridgehead atoms. The molecule has 6 heteroatoms. The molecule has 104 valence electrons. The van der Waals surface area contributed by atoms with Crippen LogP contribution >= 0.6 is 0 Å². The van der Waals surface area contributed by atoms with Crippen LogP contribution in [0.15, 0.2) is 10.6 Å². The molecule has 1 aromatic heterocycles. The molecule has 1 aromatic rings. The minimum absolute atomic E-state index is 0.357. The Hall–Kier alpha value is -1.17. The van der Waals surface area contributed by atoms with Crippen LogP contribution in [-0.2, 0) is 14.6 Å². The Kier molecular flexibility index (Phi) is 3.00. The van der Waals surface area contributed by atoms with Crippen LogP contribution in [0.1, 0.15) is 56.7 Å². The van der Waals surface area contributed by atoms with Crippen molar-refractivity contribution in [2.75, 3.05) is 6.26 Å². The fraction of sp³-hybridized carbons (Fsp3) is 0.692. The molecule has 3 rings (SSSR count). The molecule has 5 nitrogen and oxygen atoms in total. The van der Waals surface area contributed by atoms with E-state index in [0.717, 1.165) is 37.7 Å². The summed E-state index contributed by atoms with van der Waals surface area (Å²) >= 11 is 0. The second kappa shape index (κ2) is 4.44.